The van der Waals surface area contributed by atoms with E-state index in [1.165, 1.54) is 0 Å². The van der Waals surface area contributed by atoms with Crippen molar-refractivity contribution in [3.05, 3.63) is 59.1 Å². The Morgan fingerprint density at radius 1 is 1.19 bits per heavy atom. The number of anilines is 1. The summed E-state index contributed by atoms with van der Waals surface area (Å²) in [6, 6.07) is 12.9. The van der Waals surface area contributed by atoms with Gasteiger partial charge in [0.2, 0.25) is 0 Å². The van der Waals surface area contributed by atoms with Crippen LogP contribution in [0.3, 0.4) is 0 Å². The number of hydrogen-bond acceptors (Lipinski definition) is 2. The van der Waals surface area contributed by atoms with Gasteiger partial charge in [0.15, 0.2) is 4.90 Å². The molecule has 1 unspecified atom stereocenters. The van der Waals surface area contributed by atoms with E-state index in [-0.39, 0.29) is 0 Å². The zero-order chi connectivity index (χ0) is 15.4. The van der Waals surface area contributed by atoms with Crippen LogP contribution in [0.25, 0.3) is 0 Å². The van der Waals surface area contributed by atoms with Crippen molar-refractivity contribution in [3.63, 3.8) is 0 Å². The van der Waals surface area contributed by atoms with E-state index in [4.69, 9.17) is 17.3 Å². The lowest BCUT2D eigenvalue weighted by Crippen LogP contribution is -2.40. The SMILES string of the molecule is CCc1ccc([S+]([O-])N(C(N)=O)c2ccc(Cl)cc2)cc1. The van der Waals surface area contributed by atoms with Gasteiger partial charge in [-0.1, -0.05) is 30.7 Å². The van der Waals surface area contributed by atoms with E-state index in [0.29, 0.717) is 15.6 Å². The molecule has 0 saturated heterocycles. The number of halogens is 1. The van der Waals surface area contributed by atoms with Crippen LogP contribution < -0.4 is 10.0 Å². The molecule has 0 bridgehead atoms. The Morgan fingerprint density at radius 2 is 1.76 bits per heavy atom. The topological polar surface area (TPSA) is 69.4 Å². The molecule has 2 rings (SSSR count). The fourth-order valence-electron chi connectivity index (χ4n) is 1.83. The molecule has 1 atom stereocenters. The molecule has 0 aliphatic heterocycles. The summed E-state index contributed by atoms with van der Waals surface area (Å²) in [5.74, 6) is 0. The Hall–Kier alpha value is -1.69. The lowest BCUT2D eigenvalue weighted by atomic mass is 10.2. The second kappa shape index (κ2) is 6.85. The Morgan fingerprint density at radius 3 is 2.24 bits per heavy atom. The monoisotopic (exact) mass is 322 g/mol. The van der Waals surface area contributed by atoms with Gasteiger partial charge in [-0.25, -0.2) is 4.79 Å². The molecule has 2 N–H and O–H groups in total. The second-order valence-electron chi connectivity index (χ2n) is 4.36. The van der Waals surface area contributed by atoms with Crippen LogP contribution in [-0.4, -0.2) is 10.6 Å². The first-order chi connectivity index (χ1) is 10.0. The van der Waals surface area contributed by atoms with Crippen molar-refractivity contribution in [2.75, 3.05) is 4.31 Å². The minimum atomic E-state index is -1.70. The molecule has 2 aromatic rings. The highest BCUT2D eigenvalue weighted by molar-refractivity contribution is 7.93. The highest BCUT2D eigenvalue weighted by Gasteiger charge is 2.28. The molecule has 4 nitrogen and oxygen atoms in total. The molecular weight excluding hydrogens is 308 g/mol. The van der Waals surface area contributed by atoms with Crippen molar-refractivity contribution in [2.45, 2.75) is 18.2 Å². The van der Waals surface area contributed by atoms with Crippen molar-refractivity contribution in [1.29, 1.82) is 0 Å². The molecule has 6 heteroatoms. The summed E-state index contributed by atoms with van der Waals surface area (Å²) in [5.41, 5.74) is 6.93. The zero-order valence-corrected chi connectivity index (χ0v) is 13.0. The van der Waals surface area contributed by atoms with Crippen LogP contribution in [0.2, 0.25) is 5.02 Å². The second-order valence-corrected chi connectivity index (χ2v) is 6.13. The number of amides is 2. The number of hydrogen-bond donors (Lipinski definition) is 1. The van der Waals surface area contributed by atoms with E-state index in [9.17, 15) is 9.35 Å². The van der Waals surface area contributed by atoms with Gasteiger partial charge in [-0.15, -0.1) is 4.31 Å². The fraction of sp³-hybridized carbons (Fsp3) is 0.133. The average Bonchev–Trinajstić information content (AvgIpc) is 2.49. The van der Waals surface area contributed by atoms with Gasteiger partial charge in [0.1, 0.15) is 11.4 Å². The minimum absolute atomic E-state index is 0.435. The molecular formula is C15H15ClN2O2S. The molecule has 0 aliphatic rings. The Labute approximate surface area is 131 Å². The van der Waals surface area contributed by atoms with Crippen LogP contribution in [0.5, 0.6) is 0 Å². The van der Waals surface area contributed by atoms with Crippen LogP contribution in [0.4, 0.5) is 10.5 Å². The number of nitrogens with zero attached hydrogens (tertiary/aromatic N) is 1. The van der Waals surface area contributed by atoms with E-state index in [2.05, 4.69) is 0 Å². The number of nitrogens with two attached hydrogens (primary N) is 1. The molecule has 2 amide bonds. The van der Waals surface area contributed by atoms with Crippen LogP contribution in [-0.2, 0) is 17.8 Å². The first-order valence-corrected chi connectivity index (χ1v) is 7.87. The predicted octanol–water partition coefficient (Wildman–Crippen LogP) is 3.51. The number of carbonyl (C=O) groups excluding carboxylic acids is 1. The first-order valence-electron chi connectivity index (χ1n) is 6.39. The third-order valence-electron chi connectivity index (χ3n) is 2.96. The van der Waals surface area contributed by atoms with Crippen molar-refractivity contribution in [3.8, 4) is 0 Å². The molecule has 0 spiro atoms. The molecule has 0 fully saturated rings. The van der Waals surface area contributed by atoms with Crippen LogP contribution in [0.15, 0.2) is 53.4 Å². The molecule has 0 saturated carbocycles. The molecule has 0 aliphatic carbocycles. The number of carbonyl (C=O) groups is 1. The van der Waals surface area contributed by atoms with E-state index in [0.717, 1.165) is 16.3 Å². The van der Waals surface area contributed by atoms with Crippen molar-refractivity contribution >= 4 is 34.7 Å². The summed E-state index contributed by atoms with van der Waals surface area (Å²) >= 11 is 4.11. The van der Waals surface area contributed by atoms with Gasteiger partial charge < -0.3 is 10.3 Å². The fourth-order valence-corrected chi connectivity index (χ4v) is 3.01. The van der Waals surface area contributed by atoms with Gasteiger partial charge >= 0.3 is 6.03 Å². The van der Waals surface area contributed by atoms with E-state index < -0.39 is 17.4 Å². The summed E-state index contributed by atoms with van der Waals surface area (Å²) in [5, 5.41) is 0.529. The van der Waals surface area contributed by atoms with Crippen LogP contribution >= 0.6 is 11.6 Å². The molecule has 0 aromatic heterocycles. The van der Waals surface area contributed by atoms with Crippen molar-refractivity contribution < 1.29 is 9.35 Å². The number of aryl methyl sites for hydroxylation is 1. The maximum absolute atomic E-state index is 12.6. The molecule has 21 heavy (non-hydrogen) atoms. The van der Waals surface area contributed by atoms with Gasteiger partial charge in [0.05, 0.1) is 5.69 Å². The number of benzene rings is 2. The summed E-state index contributed by atoms with van der Waals surface area (Å²) in [6.07, 6.45) is 0.892. The third-order valence-corrected chi connectivity index (χ3v) is 4.61. The zero-order valence-electron chi connectivity index (χ0n) is 11.5. The highest BCUT2D eigenvalue weighted by atomic mass is 35.5. The Bertz CT molecular complexity index is 617. The number of rotatable bonds is 4. The minimum Gasteiger partial charge on any atom is -0.587 e. The maximum atomic E-state index is 12.6. The normalized spacial score (nSPS) is 12.0. The quantitative estimate of drug-likeness (QED) is 0.875. The van der Waals surface area contributed by atoms with Crippen LogP contribution in [0.1, 0.15) is 12.5 Å². The van der Waals surface area contributed by atoms with Gasteiger partial charge in [0.25, 0.3) is 0 Å². The predicted molar refractivity (Wildman–Crippen MR) is 85.7 cm³/mol. The largest absolute Gasteiger partial charge is 0.587 e. The lowest BCUT2D eigenvalue weighted by molar-refractivity contribution is 0.257. The standard InChI is InChI=1S/C15H15ClN2O2S/c1-2-11-3-9-14(10-4-11)21(20)18(15(17)19)13-7-5-12(16)6-8-13/h3-10H,2H2,1H3,(H2,17,19). The highest BCUT2D eigenvalue weighted by Crippen LogP contribution is 2.25. The molecule has 0 heterocycles. The van der Waals surface area contributed by atoms with Gasteiger partial charge in [0, 0.05) is 5.02 Å². The number of urea groups is 1. The van der Waals surface area contributed by atoms with Gasteiger partial charge in [-0.05, 0) is 48.4 Å². The van der Waals surface area contributed by atoms with Crippen molar-refractivity contribution in [2.24, 2.45) is 5.73 Å². The smallest absolute Gasteiger partial charge is 0.361 e. The summed E-state index contributed by atoms with van der Waals surface area (Å²) in [6.45, 7) is 2.04. The van der Waals surface area contributed by atoms with Crippen molar-refractivity contribution in [1.82, 2.24) is 0 Å². The maximum Gasteiger partial charge on any atom is 0.361 e. The lowest BCUT2D eigenvalue weighted by Gasteiger charge is -2.22. The van der Waals surface area contributed by atoms with Gasteiger partial charge in [-0.2, -0.15) is 0 Å². The van der Waals surface area contributed by atoms with E-state index >= 15 is 0 Å². The van der Waals surface area contributed by atoms with E-state index in [1.54, 1.807) is 36.4 Å². The molecule has 0 radical (unpaired) electrons. The van der Waals surface area contributed by atoms with E-state index in [1.807, 2.05) is 19.1 Å². The summed E-state index contributed by atoms with van der Waals surface area (Å²) in [7, 11) is 0. The average molecular weight is 323 g/mol. The summed E-state index contributed by atoms with van der Waals surface area (Å²) in [4.78, 5) is 12.2. The third kappa shape index (κ3) is 3.69. The van der Waals surface area contributed by atoms with Crippen LogP contribution in [0, 0.1) is 0 Å². The summed E-state index contributed by atoms with van der Waals surface area (Å²) < 4.78 is 13.6. The molecule has 110 valence electrons. The first kappa shape index (κ1) is 15.7. The number of primary amides is 1. The molecule has 2 aromatic carbocycles. The Balaban J connectivity index is 2.32. The Kier molecular flexibility index (Phi) is 5.12. The van der Waals surface area contributed by atoms with Gasteiger partial charge in [-0.3, -0.25) is 0 Å².